The lowest BCUT2D eigenvalue weighted by atomic mass is 9.99. The van der Waals surface area contributed by atoms with Gasteiger partial charge in [0.2, 0.25) is 0 Å². The zero-order valence-corrected chi connectivity index (χ0v) is 15.1. The molecule has 0 unspecified atom stereocenters. The van der Waals surface area contributed by atoms with Crippen molar-refractivity contribution >= 4 is 18.4 Å². The predicted octanol–water partition coefficient (Wildman–Crippen LogP) is 3.75. The van der Waals surface area contributed by atoms with Crippen LogP contribution in [0.1, 0.15) is 18.9 Å². The van der Waals surface area contributed by atoms with Gasteiger partial charge in [-0.3, -0.25) is 4.79 Å². The van der Waals surface area contributed by atoms with Crippen LogP contribution >= 0.6 is 12.4 Å². The van der Waals surface area contributed by atoms with E-state index in [0.29, 0.717) is 24.3 Å². The molecule has 136 valence electrons. The van der Waals surface area contributed by atoms with Gasteiger partial charge in [0.25, 0.3) is 0 Å². The van der Waals surface area contributed by atoms with Gasteiger partial charge < -0.3 is 15.2 Å². The van der Waals surface area contributed by atoms with Crippen molar-refractivity contribution in [2.45, 2.75) is 25.8 Å². The Morgan fingerprint density at radius 3 is 2.48 bits per heavy atom. The van der Waals surface area contributed by atoms with Gasteiger partial charge >= 0.3 is 5.97 Å². The molecule has 0 aliphatic rings. The Morgan fingerprint density at radius 2 is 1.88 bits per heavy atom. The summed E-state index contributed by atoms with van der Waals surface area (Å²) in [5.41, 5.74) is 8.54. The maximum atomic E-state index is 13.5. The minimum Gasteiger partial charge on any atom is -0.496 e. The summed E-state index contributed by atoms with van der Waals surface area (Å²) in [4.78, 5) is 11.4. The van der Waals surface area contributed by atoms with Crippen LogP contribution in [-0.4, -0.2) is 25.7 Å². The second-order valence-electron chi connectivity index (χ2n) is 5.51. The van der Waals surface area contributed by atoms with Crippen LogP contribution in [0.2, 0.25) is 0 Å². The summed E-state index contributed by atoms with van der Waals surface area (Å²) < 4.78 is 23.7. The molecule has 4 nitrogen and oxygen atoms in total. The Kier molecular flexibility index (Phi) is 8.38. The van der Waals surface area contributed by atoms with Crippen molar-refractivity contribution in [1.82, 2.24) is 0 Å². The maximum Gasteiger partial charge on any atom is 0.307 e. The van der Waals surface area contributed by atoms with E-state index in [1.54, 1.807) is 20.1 Å². The van der Waals surface area contributed by atoms with Gasteiger partial charge in [-0.25, -0.2) is 4.39 Å². The molecule has 0 radical (unpaired) electrons. The number of nitrogens with two attached hydrogens (primary N) is 1. The fourth-order valence-electron chi connectivity index (χ4n) is 2.54. The molecule has 1 atom stereocenters. The molecule has 0 heterocycles. The largest absolute Gasteiger partial charge is 0.496 e. The molecule has 0 fully saturated rings. The molecule has 2 N–H and O–H groups in total. The van der Waals surface area contributed by atoms with Gasteiger partial charge in [0, 0.05) is 11.6 Å². The van der Waals surface area contributed by atoms with Crippen molar-refractivity contribution in [2.24, 2.45) is 5.73 Å². The first kappa shape index (κ1) is 20.9. The van der Waals surface area contributed by atoms with Gasteiger partial charge in [-0.1, -0.05) is 24.3 Å². The first-order valence-corrected chi connectivity index (χ1v) is 7.87. The second kappa shape index (κ2) is 10.0. The lowest BCUT2D eigenvalue weighted by molar-refractivity contribution is -0.143. The quantitative estimate of drug-likeness (QED) is 0.757. The number of ether oxygens (including phenoxy) is 2. The topological polar surface area (TPSA) is 61.5 Å². The minimum atomic E-state index is -0.314. The summed E-state index contributed by atoms with van der Waals surface area (Å²) in [6.45, 7) is 2.12. The van der Waals surface area contributed by atoms with E-state index < -0.39 is 0 Å². The van der Waals surface area contributed by atoms with E-state index in [0.717, 1.165) is 11.1 Å². The van der Waals surface area contributed by atoms with Crippen molar-refractivity contribution in [3.63, 3.8) is 0 Å². The molecule has 0 saturated carbocycles. The van der Waals surface area contributed by atoms with E-state index in [1.165, 1.54) is 12.1 Å². The van der Waals surface area contributed by atoms with Crippen molar-refractivity contribution in [1.29, 1.82) is 0 Å². The number of hydrogen-bond acceptors (Lipinski definition) is 4. The summed E-state index contributed by atoms with van der Waals surface area (Å²) >= 11 is 0. The summed E-state index contributed by atoms with van der Waals surface area (Å²) in [5.74, 6) is 0.0145. The van der Waals surface area contributed by atoms with Gasteiger partial charge in [-0.2, -0.15) is 0 Å². The van der Waals surface area contributed by atoms with Crippen LogP contribution in [0, 0.1) is 5.82 Å². The first-order valence-electron chi connectivity index (χ1n) is 7.87. The highest BCUT2D eigenvalue weighted by Crippen LogP contribution is 2.30. The Balaban J connectivity index is 0.00000312. The molecule has 0 spiro atoms. The number of carbonyl (C=O) groups is 1. The molecule has 25 heavy (non-hydrogen) atoms. The van der Waals surface area contributed by atoms with E-state index in [9.17, 15) is 9.18 Å². The van der Waals surface area contributed by atoms with Crippen LogP contribution in [0.5, 0.6) is 5.75 Å². The number of rotatable bonds is 7. The highest BCUT2D eigenvalue weighted by molar-refractivity contribution is 5.85. The number of methoxy groups -OCH3 is 1. The standard InChI is InChI=1S/C19H22FNO3.ClH/c1-3-24-19(22)12-16(21)10-13-4-6-14(7-5-13)17-11-15(20)8-9-18(17)23-2;/h4-9,11,16H,3,10,12,21H2,1-2H3;1H/t16-;/m1./s1. The van der Waals surface area contributed by atoms with Gasteiger partial charge in [0.05, 0.1) is 20.1 Å². The molecule has 0 aliphatic carbocycles. The number of hydrogen-bond donors (Lipinski definition) is 1. The van der Waals surface area contributed by atoms with E-state index in [2.05, 4.69) is 0 Å². The lowest BCUT2D eigenvalue weighted by Gasteiger charge is -2.12. The van der Waals surface area contributed by atoms with Crippen molar-refractivity contribution in [3.8, 4) is 16.9 Å². The molecular weight excluding hydrogens is 345 g/mol. The number of benzene rings is 2. The number of carbonyl (C=O) groups excluding carboxylic acids is 1. The second-order valence-corrected chi connectivity index (χ2v) is 5.51. The van der Waals surface area contributed by atoms with E-state index >= 15 is 0 Å². The normalized spacial score (nSPS) is 11.4. The molecule has 0 aliphatic heterocycles. The first-order chi connectivity index (χ1) is 11.5. The fourth-order valence-corrected chi connectivity index (χ4v) is 2.54. The highest BCUT2D eigenvalue weighted by atomic mass is 35.5. The molecule has 0 aromatic heterocycles. The molecule has 2 rings (SSSR count). The van der Waals surface area contributed by atoms with Crippen LogP contribution in [0.15, 0.2) is 42.5 Å². The smallest absolute Gasteiger partial charge is 0.307 e. The van der Waals surface area contributed by atoms with Gasteiger partial charge in [-0.15, -0.1) is 12.4 Å². The molecule has 2 aromatic rings. The van der Waals surface area contributed by atoms with Crippen LogP contribution in [-0.2, 0) is 16.0 Å². The molecular formula is C19H23ClFNO3. The van der Waals surface area contributed by atoms with Crippen LogP contribution in [0.25, 0.3) is 11.1 Å². The van der Waals surface area contributed by atoms with E-state index in [-0.39, 0.29) is 36.7 Å². The van der Waals surface area contributed by atoms with Crippen LogP contribution in [0.3, 0.4) is 0 Å². The SMILES string of the molecule is CCOC(=O)C[C@H](N)Cc1ccc(-c2cc(F)ccc2OC)cc1.Cl. The third kappa shape index (κ3) is 6.03. The third-order valence-electron chi connectivity index (χ3n) is 3.66. The zero-order valence-electron chi connectivity index (χ0n) is 14.3. The summed E-state index contributed by atoms with van der Waals surface area (Å²) in [6.07, 6.45) is 0.757. The Bertz CT molecular complexity index is 692. The molecule has 0 amide bonds. The molecule has 0 bridgehead atoms. The minimum absolute atomic E-state index is 0. The van der Waals surface area contributed by atoms with Crippen molar-refractivity contribution in [3.05, 3.63) is 53.8 Å². The van der Waals surface area contributed by atoms with E-state index in [4.69, 9.17) is 15.2 Å². The molecule has 0 saturated heterocycles. The highest BCUT2D eigenvalue weighted by Gasteiger charge is 2.12. The maximum absolute atomic E-state index is 13.5. The average Bonchev–Trinajstić information content (AvgIpc) is 2.55. The Hall–Kier alpha value is -2.11. The van der Waals surface area contributed by atoms with Crippen molar-refractivity contribution in [2.75, 3.05) is 13.7 Å². The number of halogens is 2. The monoisotopic (exact) mass is 367 g/mol. The van der Waals surface area contributed by atoms with Gasteiger partial charge in [0.1, 0.15) is 11.6 Å². The van der Waals surface area contributed by atoms with E-state index in [1.807, 2.05) is 24.3 Å². The third-order valence-corrected chi connectivity index (χ3v) is 3.66. The Morgan fingerprint density at radius 1 is 1.20 bits per heavy atom. The van der Waals surface area contributed by atoms with Crippen LogP contribution in [0.4, 0.5) is 4.39 Å². The van der Waals surface area contributed by atoms with Gasteiger partial charge in [-0.05, 0) is 42.7 Å². The molecule has 2 aromatic carbocycles. The Labute approximate surface area is 153 Å². The average molecular weight is 368 g/mol. The summed E-state index contributed by atoms with van der Waals surface area (Å²) in [7, 11) is 1.56. The number of esters is 1. The summed E-state index contributed by atoms with van der Waals surface area (Å²) in [5, 5.41) is 0. The predicted molar refractivity (Wildman–Crippen MR) is 98.6 cm³/mol. The lowest BCUT2D eigenvalue weighted by Crippen LogP contribution is -2.27. The van der Waals surface area contributed by atoms with Gasteiger partial charge in [0.15, 0.2) is 0 Å². The fraction of sp³-hybridized carbons (Fsp3) is 0.316. The van der Waals surface area contributed by atoms with Crippen molar-refractivity contribution < 1.29 is 18.7 Å². The molecule has 6 heteroatoms. The van der Waals surface area contributed by atoms with Crippen LogP contribution < -0.4 is 10.5 Å². The zero-order chi connectivity index (χ0) is 17.5. The summed E-state index contributed by atoms with van der Waals surface area (Å²) in [6, 6.07) is 11.8.